The molecule has 0 aliphatic heterocycles. The van der Waals surface area contributed by atoms with Crippen LogP contribution >= 0.6 is 11.6 Å². The molecule has 0 aliphatic carbocycles. The smallest absolute Gasteiger partial charge is 0.251 e. The minimum atomic E-state index is -0.0711. The van der Waals surface area contributed by atoms with Gasteiger partial charge in [-0.2, -0.15) is 4.98 Å². The van der Waals surface area contributed by atoms with Crippen molar-refractivity contribution in [1.82, 2.24) is 19.9 Å². The molecule has 2 heterocycles. The van der Waals surface area contributed by atoms with Crippen LogP contribution in [0.15, 0.2) is 60.8 Å². The van der Waals surface area contributed by atoms with Crippen LogP contribution in [0.4, 0.5) is 5.95 Å². The highest BCUT2D eigenvalue weighted by molar-refractivity contribution is 6.30. The molecule has 1 amide bonds. The monoisotopic (exact) mass is 419 g/mol. The molecule has 30 heavy (non-hydrogen) atoms. The van der Waals surface area contributed by atoms with E-state index in [0.29, 0.717) is 17.8 Å². The Morgan fingerprint density at radius 2 is 1.87 bits per heavy atom. The topological polar surface area (TPSA) is 85.3 Å². The predicted molar refractivity (Wildman–Crippen MR) is 120 cm³/mol. The summed E-state index contributed by atoms with van der Waals surface area (Å²) in [4.78, 5) is 16.9. The molecule has 4 aromatic rings. The zero-order chi connectivity index (χ0) is 21.1. The summed E-state index contributed by atoms with van der Waals surface area (Å²) < 4.78 is 1.63. The van der Waals surface area contributed by atoms with Crippen molar-refractivity contribution in [1.29, 1.82) is 0 Å². The molecule has 7 heteroatoms. The molecule has 0 bridgehead atoms. The number of carbonyl (C=O) groups is 1. The van der Waals surface area contributed by atoms with Gasteiger partial charge < -0.3 is 11.1 Å². The number of benzene rings is 2. The predicted octanol–water partition coefficient (Wildman–Crippen LogP) is 4.30. The Balaban J connectivity index is 1.43. The number of nitrogen functional groups attached to an aromatic ring is 1. The van der Waals surface area contributed by atoms with Crippen LogP contribution in [0.2, 0.25) is 5.02 Å². The van der Waals surface area contributed by atoms with Crippen LogP contribution in [0.5, 0.6) is 0 Å². The molecule has 0 unspecified atom stereocenters. The summed E-state index contributed by atoms with van der Waals surface area (Å²) in [6.45, 7) is 2.55. The lowest BCUT2D eigenvalue weighted by Gasteiger charge is -2.10. The van der Waals surface area contributed by atoms with Crippen LogP contribution in [-0.2, 0) is 6.42 Å². The van der Waals surface area contributed by atoms with Crippen LogP contribution in [0, 0.1) is 6.92 Å². The van der Waals surface area contributed by atoms with Crippen molar-refractivity contribution >= 4 is 29.1 Å². The Bertz CT molecular complexity index is 1200. The first-order valence-corrected chi connectivity index (χ1v) is 10.1. The zero-order valence-corrected chi connectivity index (χ0v) is 17.4. The van der Waals surface area contributed by atoms with E-state index in [1.165, 1.54) is 5.56 Å². The number of hydrogen-bond donors (Lipinski definition) is 2. The lowest BCUT2D eigenvalue weighted by atomic mass is 10.00. The van der Waals surface area contributed by atoms with Gasteiger partial charge in [0.1, 0.15) is 0 Å². The summed E-state index contributed by atoms with van der Waals surface area (Å²) in [5, 5.41) is 7.84. The Morgan fingerprint density at radius 1 is 1.10 bits per heavy atom. The van der Waals surface area contributed by atoms with Crippen molar-refractivity contribution in [3.05, 3.63) is 82.5 Å². The van der Waals surface area contributed by atoms with Gasteiger partial charge in [-0.25, -0.2) is 4.52 Å². The summed E-state index contributed by atoms with van der Waals surface area (Å²) in [6, 6.07) is 17.5. The second-order valence-corrected chi connectivity index (χ2v) is 7.64. The molecule has 2 aromatic heterocycles. The average Bonchev–Trinajstić information content (AvgIpc) is 3.12. The summed E-state index contributed by atoms with van der Waals surface area (Å²) in [6.07, 6.45) is 3.55. The maximum Gasteiger partial charge on any atom is 0.251 e. The van der Waals surface area contributed by atoms with Gasteiger partial charge in [0.2, 0.25) is 5.95 Å². The molecular formula is C23H22ClN5O. The van der Waals surface area contributed by atoms with E-state index in [4.69, 9.17) is 17.3 Å². The number of hydrogen-bond acceptors (Lipinski definition) is 4. The van der Waals surface area contributed by atoms with Crippen molar-refractivity contribution < 1.29 is 4.79 Å². The minimum Gasteiger partial charge on any atom is -0.366 e. The minimum absolute atomic E-state index is 0.0711. The van der Waals surface area contributed by atoms with E-state index in [-0.39, 0.29) is 11.9 Å². The molecule has 2 aromatic carbocycles. The Morgan fingerprint density at radius 3 is 2.67 bits per heavy atom. The van der Waals surface area contributed by atoms with Gasteiger partial charge in [-0.3, -0.25) is 4.79 Å². The van der Waals surface area contributed by atoms with Crippen molar-refractivity contribution in [3.63, 3.8) is 0 Å². The third kappa shape index (κ3) is 4.44. The zero-order valence-electron chi connectivity index (χ0n) is 16.6. The number of pyridine rings is 1. The molecule has 6 nitrogen and oxygen atoms in total. The molecule has 3 N–H and O–H groups in total. The standard InChI is InChI=1S/C23H22ClN5O/c1-15-4-7-17(18-10-12-29-21(14-18)27-23(25)28-29)13-20(15)22(30)26-11-2-3-16-5-8-19(24)9-6-16/h4-10,12-14H,2-3,11H2,1H3,(H2,25,28)(H,26,30). The highest BCUT2D eigenvalue weighted by atomic mass is 35.5. The van der Waals surface area contributed by atoms with Crippen LogP contribution in [0.3, 0.4) is 0 Å². The number of rotatable bonds is 6. The van der Waals surface area contributed by atoms with Crippen LogP contribution in [-0.4, -0.2) is 27.0 Å². The summed E-state index contributed by atoms with van der Waals surface area (Å²) >= 11 is 5.91. The molecule has 4 rings (SSSR count). The summed E-state index contributed by atoms with van der Waals surface area (Å²) in [7, 11) is 0. The number of nitrogens with two attached hydrogens (primary N) is 1. The van der Waals surface area contributed by atoms with Crippen molar-refractivity contribution in [2.45, 2.75) is 19.8 Å². The second-order valence-electron chi connectivity index (χ2n) is 7.20. The maximum atomic E-state index is 12.7. The van der Waals surface area contributed by atoms with Gasteiger partial charge in [-0.15, -0.1) is 5.10 Å². The van der Waals surface area contributed by atoms with Crippen LogP contribution in [0.1, 0.15) is 27.9 Å². The fraction of sp³-hybridized carbons (Fsp3) is 0.174. The van der Waals surface area contributed by atoms with Crippen molar-refractivity contribution in [3.8, 4) is 11.1 Å². The molecule has 152 valence electrons. The number of amides is 1. The second kappa shape index (κ2) is 8.55. The molecule has 0 fully saturated rings. The summed E-state index contributed by atoms with van der Waals surface area (Å²) in [5.74, 6) is 0.160. The van der Waals surface area contributed by atoms with Gasteiger partial charge >= 0.3 is 0 Å². The molecule has 0 aliphatic rings. The lowest BCUT2D eigenvalue weighted by molar-refractivity contribution is 0.0952. The van der Waals surface area contributed by atoms with E-state index < -0.39 is 0 Å². The first-order valence-electron chi connectivity index (χ1n) is 9.75. The number of anilines is 1. The normalized spacial score (nSPS) is 11.0. The number of nitrogens with zero attached hydrogens (tertiary/aromatic N) is 3. The van der Waals surface area contributed by atoms with E-state index in [9.17, 15) is 4.79 Å². The Kier molecular flexibility index (Phi) is 5.68. The summed E-state index contributed by atoms with van der Waals surface area (Å²) in [5.41, 5.74) is 11.0. The van der Waals surface area contributed by atoms with E-state index in [0.717, 1.165) is 34.6 Å². The Labute approximate surface area is 179 Å². The van der Waals surface area contributed by atoms with E-state index in [1.54, 1.807) is 4.52 Å². The largest absolute Gasteiger partial charge is 0.366 e. The van der Waals surface area contributed by atoms with Gasteiger partial charge in [0.25, 0.3) is 5.91 Å². The highest BCUT2D eigenvalue weighted by Gasteiger charge is 2.11. The SMILES string of the molecule is Cc1ccc(-c2ccn3nc(N)nc3c2)cc1C(=O)NCCCc1ccc(Cl)cc1. The average molecular weight is 420 g/mol. The van der Waals surface area contributed by atoms with Gasteiger partial charge in [-0.1, -0.05) is 35.9 Å². The van der Waals surface area contributed by atoms with Crippen LogP contribution in [0.25, 0.3) is 16.8 Å². The quantitative estimate of drug-likeness (QED) is 0.456. The molecule has 0 atom stereocenters. The number of aryl methyl sites for hydroxylation is 2. The number of fused-ring (bicyclic) bond motifs is 1. The first kappa shape index (κ1) is 19.9. The fourth-order valence-electron chi connectivity index (χ4n) is 3.37. The van der Waals surface area contributed by atoms with Gasteiger partial charge in [0.15, 0.2) is 5.65 Å². The molecule has 0 saturated heterocycles. The van der Waals surface area contributed by atoms with Crippen LogP contribution < -0.4 is 11.1 Å². The first-order chi connectivity index (χ1) is 14.5. The highest BCUT2D eigenvalue weighted by Crippen LogP contribution is 2.23. The molecular weight excluding hydrogens is 398 g/mol. The lowest BCUT2D eigenvalue weighted by Crippen LogP contribution is -2.25. The van der Waals surface area contributed by atoms with Crippen molar-refractivity contribution in [2.75, 3.05) is 12.3 Å². The molecule has 0 radical (unpaired) electrons. The van der Waals surface area contributed by atoms with Gasteiger partial charge in [-0.05, 0) is 72.4 Å². The van der Waals surface area contributed by atoms with E-state index in [1.807, 2.05) is 67.7 Å². The van der Waals surface area contributed by atoms with Crippen molar-refractivity contribution in [2.24, 2.45) is 0 Å². The third-order valence-electron chi connectivity index (χ3n) is 5.01. The number of aromatic nitrogens is 3. The fourth-order valence-corrected chi connectivity index (χ4v) is 3.49. The van der Waals surface area contributed by atoms with E-state index >= 15 is 0 Å². The Hall–Kier alpha value is -3.38. The van der Waals surface area contributed by atoms with Gasteiger partial charge in [0, 0.05) is 23.3 Å². The third-order valence-corrected chi connectivity index (χ3v) is 5.26. The maximum absolute atomic E-state index is 12.7. The molecule has 0 spiro atoms. The molecule has 0 saturated carbocycles. The number of halogens is 1. The number of carbonyl (C=O) groups excluding carboxylic acids is 1. The van der Waals surface area contributed by atoms with Gasteiger partial charge in [0.05, 0.1) is 0 Å². The van der Waals surface area contributed by atoms with E-state index in [2.05, 4.69) is 15.4 Å². The number of nitrogens with one attached hydrogen (secondary N) is 1.